The Hall–Kier alpha value is -2.76. The number of allylic oxidation sites excluding steroid dienone is 3. The molecule has 0 radical (unpaired) electrons. The maximum atomic E-state index is 12.9. The molecular weight excluding hydrogens is 460 g/mol. The van der Waals surface area contributed by atoms with Crippen LogP contribution in [0, 0.1) is 0 Å². The number of nitrogens with two attached hydrogens (primary N) is 4. The van der Waals surface area contributed by atoms with Gasteiger partial charge in [-0.1, -0.05) is 11.3 Å². The van der Waals surface area contributed by atoms with Crippen molar-refractivity contribution in [3.8, 4) is 0 Å². The maximum absolute atomic E-state index is 12.9. The quantitative estimate of drug-likeness (QED) is 0.199. The number of hydrogen-bond donors (Lipinski definition) is 6. The second kappa shape index (κ2) is 9.00. The molecule has 0 bridgehead atoms. The van der Waals surface area contributed by atoms with Crippen molar-refractivity contribution in [2.45, 2.75) is 17.1 Å². The van der Waals surface area contributed by atoms with Crippen molar-refractivity contribution in [3.63, 3.8) is 0 Å². The van der Waals surface area contributed by atoms with Crippen LogP contribution in [0.1, 0.15) is 17.8 Å². The van der Waals surface area contributed by atoms with Crippen molar-refractivity contribution < 1.29 is 16.8 Å². The number of tetrazole rings is 1. The number of hydrogen-bond acceptors (Lipinski definition) is 11. The first kappa shape index (κ1) is 23.9. The average Bonchev–Trinajstić information content (AvgIpc) is 3.25. The van der Waals surface area contributed by atoms with Gasteiger partial charge in [0.05, 0.1) is 10.3 Å². The van der Waals surface area contributed by atoms with Gasteiger partial charge in [-0.15, -0.1) is 10.2 Å². The minimum absolute atomic E-state index is 0.0106. The van der Waals surface area contributed by atoms with Crippen LogP contribution in [0.4, 0.5) is 5.82 Å². The van der Waals surface area contributed by atoms with Crippen LogP contribution in [0.2, 0.25) is 0 Å². The molecule has 10 N–H and O–H groups in total. The number of nitrogens with zero attached hydrogens (tertiary/aromatic N) is 4. The smallest absolute Gasteiger partial charge is 0.235 e. The summed E-state index contributed by atoms with van der Waals surface area (Å²) in [6.45, 7) is 0.985. The van der Waals surface area contributed by atoms with E-state index in [1.54, 1.807) is 6.07 Å². The molecule has 16 heteroatoms. The average molecular weight is 485 g/mol. The maximum Gasteiger partial charge on any atom is 0.235 e. The molecule has 14 nitrogen and oxygen atoms in total. The molecule has 1 aliphatic rings. The zero-order valence-electron chi connectivity index (χ0n) is 16.8. The number of pyridine rings is 1. The van der Waals surface area contributed by atoms with E-state index in [4.69, 9.17) is 21.7 Å². The van der Waals surface area contributed by atoms with E-state index in [2.05, 4.69) is 30.9 Å². The van der Waals surface area contributed by atoms with Gasteiger partial charge in [0.15, 0.2) is 5.82 Å². The van der Waals surface area contributed by atoms with Crippen molar-refractivity contribution in [2.24, 2.45) is 16.0 Å². The normalized spacial score (nSPS) is 21.8. The summed E-state index contributed by atoms with van der Waals surface area (Å²) < 4.78 is 50.6. The van der Waals surface area contributed by atoms with Gasteiger partial charge in [-0.05, 0) is 42.3 Å². The molecule has 0 amide bonds. The van der Waals surface area contributed by atoms with Crippen LogP contribution in [0.15, 0.2) is 35.4 Å². The second-order valence-electron chi connectivity index (χ2n) is 7.13. The number of aromatic amines is 1. The summed E-state index contributed by atoms with van der Waals surface area (Å²) in [5.74, 6) is 0.159. The molecular formula is C16H24N10O4S2. The zero-order chi connectivity index (χ0) is 23.6. The lowest BCUT2D eigenvalue weighted by Crippen LogP contribution is -2.54. The number of aromatic nitrogens is 5. The molecule has 0 saturated carbocycles. The molecule has 2 unspecified atom stereocenters. The highest BCUT2D eigenvalue weighted by molar-refractivity contribution is 7.96. The van der Waals surface area contributed by atoms with E-state index >= 15 is 0 Å². The molecule has 174 valence electrons. The predicted octanol–water partition coefficient (Wildman–Crippen LogP) is -2.72. The van der Waals surface area contributed by atoms with Crippen molar-refractivity contribution in [1.82, 2.24) is 30.9 Å². The predicted molar refractivity (Wildman–Crippen MR) is 117 cm³/mol. The van der Waals surface area contributed by atoms with Crippen LogP contribution in [0.3, 0.4) is 0 Å². The van der Waals surface area contributed by atoms with Crippen LogP contribution >= 0.6 is 0 Å². The van der Waals surface area contributed by atoms with E-state index in [-0.39, 0.29) is 24.6 Å². The monoisotopic (exact) mass is 484 g/mol. The summed E-state index contributed by atoms with van der Waals surface area (Å²) in [5, 5.41) is 26.1. The Morgan fingerprint density at radius 3 is 2.41 bits per heavy atom. The summed E-state index contributed by atoms with van der Waals surface area (Å²) >= 11 is 0. The molecule has 0 aromatic carbocycles. The van der Waals surface area contributed by atoms with E-state index in [1.807, 2.05) is 0 Å². The van der Waals surface area contributed by atoms with Crippen LogP contribution in [0.25, 0.3) is 5.57 Å². The van der Waals surface area contributed by atoms with Crippen LogP contribution < -0.4 is 27.1 Å². The Kier molecular flexibility index (Phi) is 6.72. The molecule has 2 heterocycles. The third-order valence-corrected chi connectivity index (χ3v) is 7.61. The van der Waals surface area contributed by atoms with E-state index in [9.17, 15) is 16.8 Å². The Bertz CT molecular complexity index is 1220. The van der Waals surface area contributed by atoms with Crippen LogP contribution in [0.5, 0.6) is 0 Å². The third-order valence-electron chi connectivity index (χ3n) is 5.12. The minimum atomic E-state index is -4.57. The van der Waals surface area contributed by atoms with Gasteiger partial charge < -0.3 is 16.8 Å². The Morgan fingerprint density at radius 1 is 1.12 bits per heavy atom. The lowest BCUT2D eigenvalue weighted by Gasteiger charge is -2.41. The summed E-state index contributed by atoms with van der Waals surface area (Å²) in [7, 11) is -9.04. The van der Waals surface area contributed by atoms with Crippen molar-refractivity contribution in [2.75, 3.05) is 25.4 Å². The standard InChI is InChI=1S/C16H24N10O4S2/c17-6-8-21-7-5-16(15-23-25-26-24-15)11(10-1-4-13(18)22-9-10)2-3-12(31(19,27)28)14(16)32(20,29)30/h1-4,9,14,21H,5-8,17H2,(H2,18,22)(H2,19,27,28)(H2,20,29,30)(H,23,24,25,26). The van der Waals surface area contributed by atoms with E-state index in [0.29, 0.717) is 24.2 Å². The molecule has 2 aromatic rings. The van der Waals surface area contributed by atoms with E-state index in [0.717, 1.165) is 6.08 Å². The minimum Gasteiger partial charge on any atom is -0.384 e. The first-order valence-electron chi connectivity index (χ1n) is 9.35. The SMILES string of the molecule is NCCNCCC1(c2nn[nH]n2)C(c2ccc(N)nc2)=CC=C(S(N)(=O)=O)C1S(N)(=O)=O. The van der Waals surface area contributed by atoms with Gasteiger partial charge in [-0.25, -0.2) is 32.1 Å². The topological polar surface area (TPSA) is 252 Å². The lowest BCUT2D eigenvalue weighted by molar-refractivity contribution is 0.446. The fraction of sp³-hybridized carbons (Fsp3) is 0.375. The van der Waals surface area contributed by atoms with E-state index < -0.39 is 35.6 Å². The number of primary sulfonamides is 2. The number of nitrogens with one attached hydrogen (secondary N) is 2. The highest BCUT2D eigenvalue weighted by Gasteiger charge is 2.57. The Labute approximate surface area is 184 Å². The number of H-pyrrole nitrogens is 1. The van der Waals surface area contributed by atoms with E-state index in [1.165, 1.54) is 18.3 Å². The van der Waals surface area contributed by atoms with Crippen molar-refractivity contribution >= 4 is 31.4 Å². The molecule has 1 aliphatic carbocycles. The summed E-state index contributed by atoms with van der Waals surface area (Å²) in [5.41, 5.74) is 10.4. The first-order chi connectivity index (χ1) is 15.0. The van der Waals surface area contributed by atoms with Gasteiger partial charge in [0, 0.05) is 19.3 Å². The lowest BCUT2D eigenvalue weighted by atomic mass is 9.68. The molecule has 0 saturated heterocycles. The molecule has 2 atom stereocenters. The largest absolute Gasteiger partial charge is 0.384 e. The number of rotatable bonds is 9. The van der Waals surface area contributed by atoms with Gasteiger partial charge in [0.1, 0.15) is 11.1 Å². The number of anilines is 1. The molecule has 0 spiro atoms. The fourth-order valence-electron chi connectivity index (χ4n) is 3.87. The van der Waals surface area contributed by atoms with Crippen LogP contribution in [-0.2, 0) is 25.5 Å². The third kappa shape index (κ3) is 4.54. The number of sulfonamides is 2. The van der Waals surface area contributed by atoms with Gasteiger partial charge >= 0.3 is 0 Å². The van der Waals surface area contributed by atoms with Gasteiger partial charge in [-0.3, -0.25) is 0 Å². The molecule has 2 aromatic heterocycles. The fourth-order valence-corrected chi connectivity index (χ4v) is 6.74. The highest BCUT2D eigenvalue weighted by Crippen LogP contribution is 2.49. The summed E-state index contributed by atoms with van der Waals surface area (Å²) in [6, 6.07) is 3.14. The molecule has 3 rings (SSSR count). The van der Waals surface area contributed by atoms with Gasteiger partial charge in [0.2, 0.25) is 20.0 Å². The molecule has 0 aliphatic heterocycles. The molecule has 32 heavy (non-hydrogen) atoms. The zero-order valence-corrected chi connectivity index (χ0v) is 18.5. The first-order valence-corrected chi connectivity index (χ1v) is 12.5. The molecule has 0 fully saturated rings. The summed E-state index contributed by atoms with van der Waals surface area (Å²) in [4.78, 5) is 3.47. The van der Waals surface area contributed by atoms with Gasteiger partial charge in [-0.2, -0.15) is 5.21 Å². The number of nitrogen functional groups attached to an aromatic ring is 1. The van der Waals surface area contributed by atoms with Crippen molar-refractivity contribution in [3.05, 3.63) is 46.8 Å². The second-order valence-corrected chi connectivity index (χ2v) is 10.3. The van der Waals surface area contributed by atoms with Gasteiger partial charge in [0.25, 0.3) is 0 Å². The Morgan fingerprint density at radius 2 is 1.88 bits per heavy atom. The Balaban J connectivity index is 2.36. The van der Waals surface area contributed by atoms with Crippen LogP contribution in [-0.4, -0.2) is 67.3 Å². The van der Waals surface area contributed by atoms with Crippen molar-refractivity contribution in [1.29, 1.82) is 0 Å². The highest BCUT2D eigenvalue weighted by atomic mass is 32.2. The summed E-state index contributed by atoms with van der Waals surface area (Å²) in [6.07, 6.45) is 3.99.